The molecule has 0 unspecified atom stereocenters. The predicted octanol–water partition coefficient (Wildman–Crippen LogP) is 1.42. The lowest BCUT2D eigenvalue weighted by Crippen LogP contribution is -2.56. The zero-order valence-corrected chi connectivity index (χ0v) is 12.1. The molecule has 2 amide bonds. The van der Waals surface area contributed by atoms with E-state index in [-0.39, 0.29) is 24.0 Å². The number of amides is 2. The summed E-state index contributed by atoms with van der Waals surface area (Å²) in [6.07, 6.45) is 5.67. The monoisotopic (exact) mass is 292 g/mol. The number of Topliss-reactive ketones (excluding diaryl/α,β-unsaturated/α-hetero) is 1. The van der Waals surface area contributed by atoms with Gasteiger partial charge in [-0.2, -0.15) is 0 Å². The second-order valence-electron chi connectivity index (χ2n) is 5.41. The first kappa shape index (κ1) is 15.3. The quantitative estimate of drug-likeness (QED) is 0.859. The zero-order chi connectivity index (χ0) is 15.3. The lowest BCUT2D eigenvalue weighted by atomic mass is 9.79. The van der Waals surface area contributed by atoms with E-state index in [4.69, 9.17) is 4.42 Å². The average Bonchev–Trinajstić information content (AvgIpc) is 3.00. The minimum absolute atomic E-state index is 0.0205. The number of rotatable bonds is 5. The third-order valence-corrected chi connectivity index (χ3v) is 3.91. The van der Waals surface area contributed by atoms with Crippen LogP contribution in [0.5, 0.6) is 0 Å². The summed E-state index contributed by atoms with van der Waals surface area (Å²) in [7, 11) is 0. The average molecular weight is 292 g/mol. The summed E-state index contributed by atoms with van der Waals surface area (Å²) in [5.41, 5.74) is -0.759. The molecule has 2 rings (SSSR count). The first-order valence-electron chi connectivity index (χ1n) is 7.17. The third kappa shape index (κ3) is 3.71. The Balaban J connectivity index is 1.88. The normalized spacial score (nSPS) is 17.0. The molecular formula is C15H20N2O4. The second-order valence-corrected chi connectivity index (χ2v) is 5.41. The van der Waals surface area contributed by atoms with Crippen LogP contribution in [0.15, 0.2) is 22.8 Å². The summed E-state index contributed by atoms with van der Waals surface area (Å²) >= 11 is 0. The molecule has 0 aromatic carbocycles. The van der Waals surface area contributed by atoms with Crippen molar-refractivity contribution in [2.75, 3.05) is 6.54 Å². The van der Waals surface area contributed by atoms with Crippen molar-refractivity contribution in [3.05, 3.63) is 24.2 Å². The number of hydrogen-bond acceptors (Lipinski definition) is 4. The van der Waals surface area contributed by atoms with Gasteiger partial charge in [-0.05, 0) is 31.9 Å². The molecule has 1 heterocycles. The molecule has 0 saturated heterocycles. The molecular weight excluding hydrogens is 272 g/mol. The Hall–Kier alpha value is -2.11. The molecule has 1 saturated carbocycles. The number of carbonyl (C=O) groups excluding carboxylic acids is 3. The van der Waals surface area contributed by atoms with Gasteiger partial charge < -0.3 is 15.1 Å². The topological polar surface area (TPSA) is 88.4 Å². The van der Waals surface area contributed by atoms with Crippen molar-refractivity contribution in [2.45, 2.75) is 44.6 Å². The maximum Gasteiger partial charge on any atom is 0.287 e. The highest BCUT2D eigenvalue weighted by atomic mass is 16.3. The molecule has 114 valence electrons. The number of furan rings is 1. The first-order valence-corrected chi connectivity index (χ1v) is 7.17. The molecule has 6 nitrogen and oxygen atoms in total. The third-order valence-electron chi connectivity index (χ3n) is 3.91. The maximum absolute atomic E-state index is 12.0. The number of ketones is 1. The van der Waals surface area contributed by atoms with Gasteiger partial charge in [0.25, 0.3) is 5.91 Å². The van der Waals surface area contributed by atoms with Crippen LogP contribution in [0.4, 0.5) is 0 Å². The van der Waals surface area contributed by atoms with Gasteiger partial charge in [0.1, 0.15) is 0 Å². The van der Waals surface area contributed by atoms with Crippen molar-refractivity contribution < 1.29 is 18.8 Å². The summed E-state index contributed by atoms with van der Waals surface area (Å²) in [5, 5.41) is 5.27. The highest BCUT2D eigenvalue weighted by Crippen LogP contribution is 2.28. The van der Waals surface area contributed by atoms with Gasteiger partial charge in [-0.1, -0.05) is 19.3 Å². The Morgan fingerprint density at radius 2 is 1.95 bits per heavy atom. The lowest BCUT2D eigenvalue weighted by Gasteiger charge is -2.35. The molecule has 1 aromatic rings. The van der Waals surface area contributed by atoms with Crippen LogP contribution < -0.4 is 10.6 Å². The number of nitrogens with one attached hydrogen (secondary N) is 2. The van der Waals surface area contributed by atoms with Crippen molar-refractivity contribution in [1.82, 2.24) is 10.6 Å². The van der Waals surface area contributed by atoms with Gasteiger partial charge in [0.15, 0.2) is 11.5 Å². The fraction of sp³-hybridized carbons (Fsp3) is 0.533. The Bertz CT molecular complexity index is 516. The number of carbonyl (C=O) groups is 3. The van der Waals surface area contributed by atoms with E-state index < -0.39 is 11.4 Å². The lowest BCUT2D eigenvalue weighted by molar-refractivity contribution is -0.131. The highest BCUT2D eigenvalue weighted by Gasteiger charge is 2.37. The van der Waals surface area contributed by atoms with Crippen molar-refractivity contribution in [3.8, 4) is 0 Å². The molecule has 0 spiro atoms. The Morgan fingerprint density at radius 3 is 2.52 bits per heavy atom. The van der Waals surface area contributed by atoms with Crippen LogP contribution in [0, 0.1) is 0 Å². The van der Waals surface area contributed by atoms with E-state index in [0.717, 1.165) is 19.3 Å². The van der Waals surface area contributed by atoms with Crippen LogP contribution in [-0.2, 0) is 9.59 Å². The summed E-state index contributed by atoms with van der Waals surface area (Å²) in [6, 6.07) is 3.12. The van der Waals surface area contributed by atoms with E-state index in [9.17, 15) is 14.4 Å². The highest BCUT2D eigenvalue weighted by molar-refractivity contribution is 5.96. The van der Waals surface area contributed by atoms with E-state index in [1.807, 2.05) is 0 Å². The van der Waals surface area contributed by atoms with Gasteiger partial charge in [0.2, 0.25) is 5.91 Å². The maximum atomic E-state index is 12.0. The van der Waals surface area contributed by atoms with E-state index >= 15 is 0 Å². The fourth-order valence-corrected chi connectivity index (χ4v) is 2.69. The molecule has 6 heteroatoms. The van der Waals surface area contributed by atoms with Gasteiger partial charge in [-0.25, -0.2) is 0 Å². The van der Waals surface area contributed by atoms with Crippen LogP contribution in [-0.4, -0.2) is 29.7 Å². The predicted molar refractivity (Wildman–Crippen MR) is 75.7 cm³/mol. The van der Waals surface area contributed by atoms with Crippen LogP contribution in [0.25, 0.3) is 0 Å². The molecule has 0 radical (unpaired) electrons. The van der Waals surface area contributed by atoms with E-state index in [0.29, 0.717) is 12.8 Å². The summed E-state index contributed by atoms with van der Waals surface area (Å²) in [6.45, 7) is 1.33. The molecule has 1 aliphatic rings. The molecule has 1 aromatic heterocycles. The number of hydrogen-bond donors (Lipinski definition) is 2. The standard InChI is InChI=1S/C15H20N2O4/c1-11(18)15(7-3-2-4-8-15)17-13(19)10-16-14(20)12-6-5-9-21-12/h5-6,9H,2-4,7-8,10H2,1H3,(H,16,20)(H,17,19). The van der Waals surface area contributed by atoms with Crippen molar-refractivity contribution >= 4 is 17.6 Å². The minimum Gasteiger partial charge on any atom is -0.459 e. The van der Waals surface area contributed by atoms with E-state index in [2.05, 4.69) is 10.6 Å². The van der Waals surface area contributed by atoms with Crippen LogP contribution in [0.2, 0.25) is 0 Å². The van der Waals surface area contributed by atoms with Crippen molar-refractivity contribution in [1.29, 1.82) is 0 Å². The van der Waals surface area contributed by atoms with E-state index in [1.165, 1.54) is 19.3 Å². The Morgan fingerprint density at radius 1 is 1.24 bits per heavy atom. The summed E-state index contributed by atoms with van der Waals surface area (Å²) < 4.78 is 4.94. The van der Waals surface area contributed by atoms with Crippen LogP contribution in [0.1, 0.15) is 49.6 Å². The van der Waals surface area contributed by atoms with Crippen molar-refractivity contribution in [2.24, 2.45) is 0 Å². The van der Waals surface area contributed by atoms with Gasteiger partial charge in [-0.15, -0.1) is 0 Å². The largest absolute Gasteiger partial charge is 0.459 e. The molecule has 0 aliphatic heterocycles. The summed E-state index contributed by atoms with van der Waals surface area (Å²) in [4.78, 5) is 35.5. The zero-order valence-electron chi connectivity index (χ0n) is 12.1. The molecule has 2 N–H and O–H groups in total. The second kappa shape index (κ2) is 6.56. The molecule has 1 fully saturated rings. The smallest absolute Gasteiger partial charge is 0.287 e. The molecule has 0 atom stereocenters. The fourth-order valence-electron chi connectivity index (χ4n) is 2.69. The van der Waals surface area contributed by atoms with Crippen LogP contribution >= 0.6 is 0 Å². The van der Waals surface area contributed by atoms with Crippen LogP contribution in [0.3, 0.4) is 0 Å². The first-order chi connectivity index (χ1) is 10.0. The Labute approximate surface area is 123 Å². The SMILES string of the molecule is CC(=O)C1(NC(=O)CNC(=O)c2ccco2)CCCCC1. The molecule has 21 heavy (non-hydrogen) atoms. The minimum atomic E-state index is -0.759. The van der Waals surface area contributed by atoms with Gasteiger partial charge in [0, 0.05) is 0 Å². The molecule has 0 bridgehead atoms. The van der Waals surface area contributed by atoms with Gasteiger partial charge in [-0.3, -0.25) is 14.4 Å². The summed E-state index contributed by atoms with van der Waals surface area (Å²) in [5.74, 6) is -0.669. The van der Waals surface area contributed by atoms with Gasteiger partial charge >= 0.3 is 0 Å². The molecule has 1 aliphatic carbocycles. The van der Waals surface area contributed by atoms with Crippen molar-refractivity contribution in [3.63, 3.8) is 0 Å². The Kier molecular flexibility index (Phi) is 4.77. The van der Waals surface area contributed by atoms with E-state index in [1.54, 1.807) is 6.07 Å². The van der Waals surface area contributed by atoms with Gasteiger partial charge in [0.05, 0.1) is 18.3 Å².